The number of fused-ring (bicyclic) bond motifs is 1. The van der Waals surface area contributed by atoms with E-state index in [2.05, 4.69) is 9.97 Å². The van der Waals surface area contributed by atoms with Gasteiger partial charge in [0.05, 0.1) is 13.7 Å². The summed E-state index contributed by atoms with van der Waals surface area (Å²) < 4.78 is 5.16. The van der Waals surface area contributed by atoms with E-state index in [-0.39, 0.29) is 11.2 Å². The summed E-state index contributed by atoms with van der Waals surface area (Å²) in [6.45, 7) is 0.457. The van der Waals surface area contributed by atoms with Gasteiger partial charge in [-0.3, -0.25) is 9.69 Å². The van der Waals surface area contributed by atoms with Crippen LogP contribution in [0, 0.1) is 0 Å². The summed E-state index contributed by atoms with van der Waals surface area (Å²) in [6.07, 6.45) is 1.53. The molecule has 1 aliphatic heterocycles. The fourth-order valence-corrected chi connectivity index (χ4v) is 2.23. The molecule has 0 aliphatic carbocycles. The van der Waals surface area contributed by atoms with Gasteiger partial charge in [-0.05, 0) is 41.4 Å². The molecule has 19 heavy (non-hydrogen) atoms. The van der Waals surface area contributed by atoms with E-state index >= 15 is 0 Å². The number of amides is 1. The van der Waals surface area contributed by atoms with Crippen LogP contribution in [-0.2, 0) is 6.54 Å². The van der Waals surface area contributed by atoms with Gasteiger partial charge in [0.25, 0.3) is 5.91 Å². The molecular weight excluding hydrogens is 266 g/mol. The first kappa shape index (κ1) is 11.9. The van der Waals surface area contributed by atoms with E-state index in [4.69, 9.17) is 16.3 Å². The van der Waals surface area contributed by atoms with Crippen LogP contribution in [0.2, 0.25) is 5.28 Å². The van der Waals surface area contributed by atoms with Crippen LogP contribution in [-0.4, -0.2) is 23.0 Å². The normalized spacial score (nSPS) is 13.6. The summed E-state index contributed by atoms with van der Waals surface area (Å²) in [7, 11) is 1.60. The Balaban J connectivity index is 1.99. The predicted octanol–water partition coefficient (Wildman–Crippen LogP) is 2.30. The van der Waals surface area contributed by atoms with Crippen molar-refractivity contribution < 1.29 is 9.53 Å². The van der Waals surface area contributed by atoms with Crippen LogP contribution in [0.25, 0.3) is 0 Å². The van der Waals surface area contributed by atoms with Gasteiger partial charge in [-0.25, -0.2) is 9.97 Å². The number of carbonyl (C=O) groups excluding carboxylic acids is 1. The Hall–Kier alpha value is -2.14. The van der Waals surface area contributed by atoms with E-state index in [1.165, 1.54) is 6.20 Å². The Kier molecular flexibility index (Phi) is 2.83. The zero-order chi connectivity index (χ0) is 13.4. The first-order valence-electron chi connectivity index (χ1n) is 5.66. The second kappa shape index (κ2) is 4.51. The van der Waals surface area contributed by atoms with Gasteiger partial charge in [0.15, 0.2) is 0 Å². The van der Waals surface area contributed by atoms with Gasteiger partial charge < -0.3 is 4.74 Å². The Morgan fingerprint density at radius 1 is 1.37 bits per heavy atom. The van der Waals surface area contributed by atoms with Crippen molar-refractivity contribution in [1.82, 2.24) is 9.97 Å². The van der Waals surface area contributed by atoms with E-state index < -0.39 is 0 Å². The first-order valence-corrected chi connectivity index (χ1v) is 6.04. The molecule has 0 saturated carbocycles. The molecule has 1 aromatic heterocycles. The quantitative estimate of drug-likeness (QED) is 0.789. The smallest absolute Gasteiger partial charge is 0.260 e. The third-order valence-electron chi connectivity index (χ3n) is 3.00. The molecule has 6 heteroatoms. The molecule has 0 atom stereocenters. The summed E-state index contributed by atoms with van der Waals surface area (Å²) >= 11 is 5.75. The number of aromatic nitrogens is 2. The van der Waals surface area contributed by atoms with Crippen molar-refractivity contribution in [2.75, 3.05) is 12.0 Å². The molecule has 3 rings (SSSR count). The Morgan fingerprint density at radius 3 is 2.95 bits per heavy atom. The molecule has 2 aromatic rings. The number of nitrogens with zero attached hydrogens (tertiary/aromatic N) is 3. The monoisotopic (exact) mass is 275 g/mol. The maximum Gasteiger partial charge on any atom is 0.260 e. The van der Waals surface area contributed by atoms with E-state index in [1.54, 1.807) is 30.2 Å². The topological polar surface area (TPSA) is 55.3 Å². The highest BCUT2D eigenvalue weighted by Crippen LogP contribution is 2.29. The van der Waals surface area contributed by atoms with Crippen LogP contribution >= 0.6 is 11.6 Å². The summed E-state index contributed by atoms with van der Waals surface area (Å²) in [5, 5.41) is 0.124. The second-order valence-electron chi connectivity index (χ2n) is 4.10. The molecule has 0 saturated heterocycles. The number of ether oxygens (including phenoxy) is 1. The number of rotatable bonds is 2. The zero-order valence-electron chi connectivity index (χ0n) is 10.1. The van der Waals surface area contributed by atoms with Crippen LogP contribution < -0.4 is 9.64 Å². The minimum Gasteiger partial charge on any atom is -0.497 e. The molecule has 0 N–H and O–H groups in total. The molecule has 0 bridgehead atoms. The molecule has 96 valence electrons. The predicted molar refractivity (Wildman–Crippen MR) is 70.5 cm³/mol. The molecule has 0 unspecified atom stereocenters. The van der Waals surface area contributed by atoms with Crippen LogP contribution in [0.15, 0.2) is 30.5 Å². The van der Waals surface area contributed by atoms with Crippen LogP contribution in [0.3, 0.4) is 0 Å². The number of carbonyl (C=O) groups is 1. The summed E-state index contributed by atoms with van der Waals surface area (Å²) in [4.78, 5) is 21.7. The highest BCUT2D eigenvalue weighted by molar-refractivity contribution is 6.28. The summed E-state index contributed by atoms with van der Waals surface area (Å²) in [5.41, 5.74) is 1.58. The molecule has 0 radical (unpaired) electrons. The van der Waals surface area contributed by atoms with Crippen molar-refractivity contribution in [3.05, 3.63) is 46.9 Å². The number of benzene rings is 1. The molecule has 2 heterocycles. The molecular formula is C13H10ClN3O2. The average Bonchev–Trinajstić information content (AvgIpc) is 2.75. The minimum atomic E-state index is -0.0904. The van der Waals surface area contributed by atoms with Gasteiger partial charge in [-0.2, -0.15) is 0 Å². The molecule has 5 nitrogen and oxygen atoms in total. The van der Waals surface area contributed by atoms with E-state index in [0.717, 1.165) is 11.3 Å². The lowest BCUT2D eigenvalue weighted by Gasteiger charge is -2.13. The van der Waals surface area contributed by atoms with Crippen LogP contribution in [0.1, 0.15) is 15.9 Å². The molecule has 1 amide bonds. The molecule has 0 spiro atoms. The lowest BCUT2D eigenvalue weighted by molar-refractivity contribution is 0.0996. The largest absolute Gasteiger partial charge is 0.497 e. The summed E-state index contributed by atoms with van der Waals surface area (Å²) in [5.74, 6) is 1.14. The Morgan fingerprint density at radius 2 is 2.21 bits per heavy atom. The Bertz CT molecular complexity index is 660. The highest BCUT2D eigenvalue weighted by atomic mass is 35.5. The van der Waals surface area contributed by atoms with Crippen molar-refractivity contribution in [1.29, 1.82) is 0 Å². The number of anilines is 1. The first-order chi connectivity index (χ1) is 9.19. The van der Waals surface area contributed by atoms with Crippen LogP contribution in [0.4, 0.5) is 5.82 Å². The lowest BCUT2D eigenvalue weighted by atomic mass is 10.1. The van der Waals surface area contributed by atoms with E-state index in [9.17, 15) is 4.79 Å². The van der Waals surface area contributed by atoms with Crippen molar-refractivity contribution in [2.45, 2.75) is 6.54 Å². The lowest BCUT2D eigenvalue weighted by Crippen LogP contribution is -2.24. The third kappa shape index (κ3) is 2.02. The van der Waals surface area contributed by atoms with Crippen LogP contribution in [0.5, 0.6) is 5.75 Å². The van der Waals surface area contributed by atoms with Gasteiger partial charge >= 0.3 is 0 Å². The number of hydrogen-bond donors (Lipinski definition) is 0. The standard InChI is InChI=1S/C13H10ClN3O2/c1-19-9-2-3-10-8(6-9)7-17(12(10)18)11-4-5-15-13(14)16-11/h2-6H,7H2,1H3. The SMILES string of the molecule is COc1ccc2c(c1)CN(c1ccnc(Cl)n1)C2=O. The van der Waals surface area contributed by atoms with E-state index in [1.807, 2.05) is 6.07 Å². The third-order valence-corrected chi connectivity index (χ3v) is 3.19. The van der Waals surface area contributed by atoms with Crippen molar-refractivity contribution in [2.24, 2.45) is 0 Å². The van der Waals surface area contributed by atoms with Crippen molar-refractivity contribution in [3.8, 4) is 5.75 Å². The molecule has 1 aromatic carbocycles. The summed E-state index contributed by atoms with van der Waals surface area (Å²) in [6, 6.07) is 7.05. The minimum absolute atomic E-state index is 0.0904. The van der Waals surface area contributed by atoms with Crippen molar-refractivity contribution in [3.63, 3.8) is 0 Å². The van der Waals surface area contributed by atoms with Gasteiger partial charge in [0.1, 0.15) is 11.6 Å². The second-order valence-corrected chi connectivity index (χ2v) is 4.44. The zero-order valence-corrected chi connectivity index (χ0v) is 10.9. The molecule has 0 fully saturated rings. The highest BCUT2D eigenvalue weighted by Gasteiger charge is 2.29. The number of methoxy groups -OCH3 is 1. The molecule has 1 aliphatic rings. The Labute approximate surface area is 114 Å². The van der Waals surface area contributed by atoms with E-state index in [0.29, 0.717) is 17.9 Å². The number of hydrogen-bond acceptors (Lipinski definition) is 4. The maximum atomic E-state index is 12.3. The fourth-order valence-electron chi connectivity index (χ4n) is 2.09. The van der Waals surface area contributed by atoms with Gasteiger partial charge in [-0.1, -0.05) is 0 Å². The van der Waals surface area contributed by atoms with Gasteiger partial charge in [0.2, 0.25) is 5.28 Å². The van der Waals surface area contributed by atoms with Gasteiger partial charge in [0, 0.05) is 11.8 Å². The fraction of sp³-hybridized carbons (Fsp3) is 0.154. The average molecular weight is 276 g/mol. The van der Waals surface area contributed by atoms with Crippen molar-refractivity contribution >= 4 is 23.3 Å². The maximum absolute atomic E-state index is 12.3. The number of halogens is 1. The van der Waals surface area contributed by atoms with Gasteiger partial charge in [-0.15, -0.1) is 0 Å².